The molecule has 0 aliphatic heterocycles. The smallest absolute Gasteiger partial charge is 0.335 e. The Morgan fingerprint density at radius 3 is 2.30 bits per heavy atom. The zero-order valence-corrected chi connectivity index (χ0v) is 13.5. The first kappa shape index (κ1) is 18.6. The van der Waals surface area contributed by atoms with E-state index < -0.39 is 22.5 Å². The number of benzene rings is 1. The first-order chi connectivity index (χ1) is 10.6. The lowest BCUT2D eigenvalue weighted by Crippen LogP contribution is -2.40. The van der Waals surface area contributed by atoms with Crippen molar-refractivity contribution < 1.29 is 24.4 Å². The van der Waals surface area contributed by atoms with E-state index in [0.717, 1.165) is 18.2 Å². The van der Waals surface area contributed by atoms with E-state index in [9.17, 15) is 19.7 Å². The molecule has 0 heterocycles. The Hall–Kier alpha value is -2.48. The summed E-state index contributed by atoms with van der Waals surface area (Å²) in [5.74, 6) is -1.94. The highest BCUT2D eigenvalue weighted by Crippen LogP contribution is 2.21. The summed E-state index contributed by atoms with van der Waals surface area (Å²) in [7, 11) is 1.53. The highest BCUT2D eigenvalue weighted by atomic mass is 16.6. The maximum atomic E-state index is 12.2. The minimum atomic E-state index is -1.34. The van der Waals surface area contributed by atoms with Crippen LogP contribution in [0.25, 0.3) is 0 Å². The van der Waals surface area contributed by atoms with Crippen LogP contribution in [-0.2, 0) is 4.74 Å². The minimum absolute atomic E-state index is 0.0830. The van der Waals surface area contributed by atoms with Gasteiger partial charge in [-0.25, -0.2) is 4.79 Å². The number of non-ortho nitro benzene ring substituents is 1. The largest absolute Gasteiger partial charge is 0.478 e. The van der Waals surface area contributed by atoms with Crippen molar-refractivity contribution >= 4 is 17.6 Å². The van der Waals surface area contributed by atoms with Crippen LogP contribution in [0.2, 0.25) is 0 Å². The van der Waals surface area contributed by atoms with E-state index in [1.807, 2.05) is 20.8 Å². The van der Waals surface area contributed by atoms with Gasteiger partial charge < -0.3 is 15.2 Å². The molecule has 126 valence electrons. The van der Waals surface area contributed by atoms with E-state index >= 15 is 0 Å². The van der Waals surface area contributed by atoms with Crippen LogP contribution < -0.4 is 5.32 Å². The molecule has 8 heteroatoms. The van der Waals surface area contributed by atoms with Gasteiger partial charge in [0.1, 0.15) is 0 Å². The van der Waals surface area contributed by atoms with Crippen molar-refractivity contribution in [3.63, 3.8) is 0 Å². The first-order valence-corrected chi connectivity index (χ1v) is 6.90. The summed E-state index contributed by atoms with van der Waals surface area (Å²) in [6.45, 7) is 6.04. The molecule has 0 aliphatic carbocycles. The van der Waals surface area contributed by atoms with Crippen molar-refractivity contribution in [2.24, 2.45) is 5.41 Å². The summed E-state index contributed by atoms with van der Waals surface area (Å²) in [4.78, 5) is 33.3. The maximum absolute atomic E-state index is 12.2. The topological polar surface area (TPSA) is 119 Å². The number of nitrogens with one attached hydrogen (secondary N) is 1. The number of nitrogens with zero attached hydrogens (tertiary/aromatic N) is 1. The third-order valence-electron chi connectivity index (χ3n) is 3.34. The van der Waals surface area contributed by atoms with Gasteiger partial charge in [0.15, 0.2) is 0 Å². The Labute approximate surface area is 133 Å². The second kappa shape index (κ2) is 7.19. The average molecular weight is 324 g/mol. The number of carboxylic acids is 1. The number of rotatable bonds is 6. The van der Waals surface area contributed by atoms with Crippen molar-refractivity contribution in [1.82, 2.24) is 5.32 Å². The normalized spacial score (nSPS) is 12.5. The molecule has 23 heavy (non-hydrogen) atoms. The molecule has 2 N–H and O–H groups in total. The zero-order chi connectivity index (χ0) is 17.8. The van der Waals surface area contributed by atoms with Crippen LogP contribution in [0, 0.1) is 15.5 Å². The van der Waals surface area contributed by atoms with Gasteiger partial charge in [0.2, 0.25) is 0 Å². The molecule has 1 aromatic rings. The number of aromatic carboxylic acids is 1. The molecule has 0 fully saturated rings. The fourth-order valence-electron chi connectivity index (χ4n) is 2.00. The number of ether oxygens (including phenoxy) is 1. The Morgan fingerprint density at radius 2 is 1.87 bits per heavy atom. The fraction of sp³-hybridized carbons (Fsp3) is 0.467. The first-order valence-electron chi connectivity index (χ1n) is 6.90. The van der Waals surface area contributed by atoms with E-state index in [2.05, 4.69) is 5.32 Å². The quantitative estimate of drug-likeness (QED) is 0.611. The summed E-state index contributed by atoms with van der Waals surface area (Å²) < 4.78 is 5.31. The molecule has 0 saturated heterocycles. The van der Waals surface area contributed by atoms with Crippen molar-refractivity contribution in [2.75, 3.05) is 13.7 Å². The third kappa shape index (κ3) is 5.03. The second-order valence-corrected chi connectivity index (χ2v) is 6.13. The molecule has 1 aromatic carbocycles. The predicted molar refractivity (Wildman–Crippen MR) is 82.6 cm³/mol. The molecule has 0 aromatic heterocycles. The number of hydrogen-bond donors (Lipinski definition) is 2. The van der Waals surface area contributed by atoms with Crippen LogP contribution in [0.1, 0.15) is 41.5 Å². The van der Waals surface area contributed by atoms with E-state index in [1.165, 1.54) is 7.11 Å². The molecule has 1 amide bonds. The van der Waals surface area contributed by atoms with Gasteiger partial charge in [-0.1, -0.05) is 20.8 Å². The number of nitro groups is 1. The molecule has 1 unspecified atom stereocenters. The molecule has 0 spiro atoms. The summed E-state index contributed by atoms with van der Waals surface area (Å²) >= 11 is 0. The van der Waals surface area contributed by atoms with Gasteiger partial charge in [-0.2, -0.15) is 0 Å². The van der Waals surface area contributed by atoms with Crippen molar-refractivity contribution in [1.29, 1.82) is 0 Å². The third-order valence-corrected chi connectivity index (χ3v) is 3.34. The van der Waals surface area contributed by atoms with Gasteiger partial charge in [-0.15, -0.1) is 0 Å². The lowest BCUT2D eigenvalue weighted by Gasteiger charge is -2.29. The minimum Gasteiger partial charge on any atom is -0.478 e. The molecular formula is C15H20N2O6. The number of hydrogen-bond acceptors (Lipinski definition) is 5. The van der Waals surface area contributed by atoms with Gasteiger partial charge >= 0.3 is 5.97 Å². The number of carboxylic acid groups (broad SMARTS) is 1. The van der Waals surface area contributed by atoms with Crippen LogP contribution in [0.4, 0.5) is 5.69 Å². The Morgan fingerprint density at radius 1 is 1.30 bits per heavy atom. The van der Waals surface area contributed by atoms with Gasteiger partial charge in [-0.05, 0) is 11.5 Å². The Kier molecular flexibility index (Phi) is 5.80. The average Bonchev–Trinajstić information content (AvgIpc) is 2.45. The molecule has 0 aliphatic rings. The summed E-state index contributed by atoms with van der Waals surface area (Å²) in [5, 5.41) is 22.5. The number of carbonyl (C=O) groups is 2. The van der Waals surface area contributed by atoms with Gasteiger partial charge in [-0.3, -0.25) is 14.9 Å². The number of amides is 1. The van der Waals surface area contributed by atoms with E-state index in [1.54, 1.807) is 0 Å². The van der Waals surface area contributed by atoms with Crippen molar-refractivity contribution in [3.8, 4) is 0 Å². The van der Waals surface area contributed by atoms with Crippen LogP contribution in [0.15, 0.2) is 18.2 Å². The van der Waals surface area contributed by atoms with Crippen LogP contribution >= 0.6 is 0 Å². The van der Waals surface area contributed by atoms with Gasteiger partial charge in [0, 0.05) is 31.4 Å². The highest BCUT2D eigenvalue weighted by molar-refractivity contribution is 5.98. The number of methoxy groups -OCH3 is 1. The van der Waals surface area contributed by atoms with Crippen molar-refractivity contribution in [3.05, 3.63) is 39.4 Å². The number of nitro benzene ring substituents is 1. The van der Waals surface area contributed by atoms with E-state index in [0.29, 0.717) is 0 Å². The summed E-state index contributed by atoms with van der Waals surface area (Å²) in [6.07, 6.45) is -0.260. The van der Waals surface area contributed by atoms with E-state index in [-0.39, 0.29) is 29.2 Å². The molecule has 0 bridgehead atoms. The Balaban J connectivity index is 2.99. The molecule has 0 saturated carbocycles. The van der Waals surface area contributed by atoms with Crippen molar-refractivity contribution in [2.45, 2.75) is 26.9 Å². The molecule has 0 radical (unpaired) electrons. The molecule has 1 rings (SSSR count). The van der Waals surface area contributed by atoms with Gasteiger partial charge in [0.25, 0.3) is 11.6 Å². The molecule has 1 atom stereocenters. The number of carbonyl (C=O) groups excluding carboxylic acids is 1. The standard InChI is InChI=1S/C15H20N2O6/c1-15(2,3)12(23-4)8-16-13(18)9-5-10(14(19)20)7-11(6-9)17(21)22/h5-7,12H,8H2,1-4H3,(H,16,18)(H,19,20). The summed E-state index contributed by atoms with van der Waals surface area (Å²) in [5.41, 5.74) is -1.06. The monoisotopic (exact) mass is 324 g/mol. The second-order valence-electron chi connectivity index (χ2n) is 6.13. The van der Waals surface area contributed by atoms with Gasteiger partial charge in [0.05, 0.1) is 16.6 Å². The lowest BCUT2D eigenvalue weighted by atomic mass is 9.89. The molecule has 8 nitrogen and oxygen atoms in total. The lowest BCUT2D eigenvalue weighted by molar-refractivity contribution is -0.384. The Bertz CT molecular complexity index is 589. The SMILES string of the molecule is COC(CNC(=O)c1cc(C(=O)O)cc([N+](=O)[O-])c1)C(C)(C)C. The van der Waals surface area contributed by atoms with Crippen LogP contribution in [-0.4, -0.2) is 41.7 Å². The van der Waals surface area contributed by atoms with E-state index in [4.69, 9.17) is 9.84 Å². The van der Waals surface area contributed by atoms with Crippen LogP contribution in [0.5, 0.6) is 0 Å². The molecular weight excluding hydrogens is 304 g/mol. The maximum Gasteiger partial charge on any atom is 0.335 e. The predicted octanol–water partition coefficient (Wildman–Crippen LogP) is 2.08. The zero-order valence-electron chi connectivity index (χ0n) is 13.5. The summed E-state index contributed by atoms with van der Waals surface area (Å²) in [6, 6.07) is 3.05. The fourth-order valence-corrected chi connectivity index (χ4v) is 2.00. The van der Waals surface area contributed by atoms with Crippen LogP contribution in [0.3, 0.4) is 0 Å². The highest BCUT2D eigenvalue weighted by Gasteiger charge is 2.25.